The first-order valence-corrected chi connectivity index (χ1v) is 7.84. The molecule has 1 aliphatic heterocycles. The summed E-state index contributed by atoms with van der Waals surface area (Å²) < 4.78 is 5.45. The smallest absolute Gasteiger partial charge is 0.317 e. The molecule has 2 N–H and O–H groups in total. The second-order valence-electron chi connectivity index (χ2n) is 5.97. The summed E-state index contributed by atoms with van der Waals surface area (Å²) in [6, 6.07) is -0.355. The summed E-state index contributed by atoms with van der Waals surface area (Å²) in [5.74, 6) is -0.235. The first kappa shape index (κ1) is 17.8. The van der Waals surface area contributed by atoms with E-state index in [1.807, 2.05) is 0 Å². The predicted molar refractivity (Wildman–Crippen MR) is 80.3 cm³/mol. The summed E-state index contributed by atoms with van der Waals surface area (Å²) in [6.45, 7) is 6.59. The second-order valence-corrected chi connectivity index (χ2v) is 5.97. The van der Waals surface area contributed by atoms with Gasteiger partial charge in [-0.3, -0.25) is 4.79 Å². The van der Waals surface area contributed by atoms with Crippen molar-refractivity contribution >= 4 is 12.0 Å². The summed E-state index contributed by atoms with van der Waals surface area (Å²) in [5.41, 5.74) is 0. The van der Waals surface area contributed by atoms with Gasteiger partial charge in [0.2, 0.25) is 0 Å². The third-order valence-electron chi connectivity index (χ3n) is 3.66. The standard InChI is InChI=1S/C15H28N2O4/c1-12(2)6-9-21-10-7-16-15(20)17-8-4-3-5-13(17)11-14(18)19/h12-13H,3-11H2,1-2H3,(H,16,20)(H,18,19). The highest BCUT2D eigenvalue weighted by atomic mass is 16.5. The van der Waals surface area contributed by atoms with Gasteiger partial charge < -0.3 is 20.1 Å². The van der Waals surface area contributed by atoms with E-state index in [2.05, 4.69) is 19.2 Å². The Morgan fingerprint density at radius 2 is 2.10 bits per heavy atom. The van der Waals surface area contributed by atoms with Gasteiger partial charge in [-0.15, -0.1) is 0 Å². The molecule has 0 aromatic carbocycles. The van der Waals surface area contributed by atoms with E-state index in [4.69, 9.17) is 9.84 Å². The minimum absolute atomic E-state index is 0.0261. The highest BCUT2D eigenvalue weighted by molar-refractivity contribution is 5.76. The Balaban J connectivity index is 2.24. The van der Waals surface area contributed by atoms with Crippen LogP contribution in [0.3, 0.4) is 0 Å². The van der Waals surface area contributed by atoms with E-state index in [9.17, 15) is 9.59 Å². The molecule has 0 aliphatic carbocycles. The van der Waals surface area contributed by atoms with E-state index in [1.54, 1.807) is 4.90 Å². The fourth-order valence-corrected chi connectivity index (χ4v) is 2.43. The lowest BCUT2D eigenvalue weighted by Crippen LogP contribution is -2.49. The topological polar surface area (TPSA) is 78.9 Å². The van der Waals surface area contributed by atoms with Gasteiger partial charge in [-0.1, -0.05) is 13.8 Å². The fraction of sp³-hybridized carbons (Fsp3) is 0.867. The SMILES string of the molecule is CC(C)CCOCCNC(=O)N1CCCCC1CC(=O)O. The molecule has 1 atom stereocenters. The first-order valence-electron chi connectivity index (χ1n) is 7.84. The van der Waals surface area contributed by atoms with Crippen LogP contribution in [0.25, 0.3) is 0 Å². The number of ether oxygens (including phenoxy) is 1. The zero-order valence-electron chi connectivity index (χ0n) is 13.1. The molecule has 0 aromatic heterocycles. The quantitative estimate of drug-likeness (QED) is 0.673. The third-order valence-corrected chi connectivity index (χ3v) is 3.66. The molecular formula is C15H28N2O4. The van der Waals surface area contributed by atoms with E-state index in [0.717, 1.165) is 25.7 Å². The van der Waals surface area contributed by atoms with Gasteiger partial charge in [0.05, 0.1) is 13.0 Å². The number of nitrogens with one attached hydrogen (secondary N) is 1. The number of carbonyl (C=O) groups excluding carboxylic acids is 1. The van der Waals surface area contributed by atoms with Crippen molar-refractivity contribution in [1.29, 1.82) is 0 Å². The van der Waals surface area contributed by atoms with Crippen LogP contribution in [0.2, 0.25) is 0 Å². The number of carbonyl (C=O) groups is 2. The van der Waals surface area contributed by atoms with Gasteiger partial charge in [0.15, 0.2) is 0 Å². The molecular weight excluding hydrogens is 272 g/mol. The predicted octanol–water partition coefficient (Wildman–Crippen LogP) is 2.09. The normalized spacial score (nSPS) is 18.8. The van der Waals surface area contributed by atoms with Crippen molar-refractivity contribution in [1.82, 2.24) is 10.2 Å². The van der Waals surface area contributed by atoms with E-state index >= 15 is 0 Å². The van der Waals surface area contributed by atoms with Gasteiger partial charge in [0.1, 0.15) is 0 Å². The molecule has 1 rings (SSSR count). The van der Waals surface area contributed by atoms with E-state index in [0.29, 0.717) is 32.2 Å². The number of rotatable bonds is 8. The molecule has 1 saturated heterocycles. The van der Waals surface area contributed by atoms with Crippen LogP contribution in [-0.4, -0.2) is 54.4 Å². The molecule has 21 heavy (non-hydrogen) atoms. The average molecular weight is 300 g/mol. The van der Waals surface area contributed by atoms with Gasteiger partial charge in [-0.25, -0.2) is 4.79 Å². The molecule has 1 aliphatic rings. The minimum atomic E-state index is -0.850. The number of hydrogen-bond acceptors (Lipinski definition) is 3. The van der Waals surface area contributed by atoms with Crippen molar-refractivity contribution in [3.63, 3.8) is 0 Å². The number of carboxylic acids is 1. The van der Waals surface area contributed by atoms with Crippen molar-refractivity contribution in [2.75, 3.05) is 26.3 Å². The maximum Gasteiger partial charge on any atom is 0.317 e. The number of amides is 2. The molecule has 1 unspecified atom stereocenters. The van der Waals surface area contributed by atoms with E-state index in [-0.39, 0.29) is 18.5 Å². The average Bonchev–Trinajstić information content (AvgIpc) is 2.42. The molecule has 1 fully saturated rings. The van der Waals surface area contributed by atoms with Crippen LogP contribution in [0.15, 0.2) is 0 Å². The van der Waals surface area contributed by atoms with Crippen LogP contribution >= 0.6 is 0 Å². The number of piperidine rings is 1. The Hall–Kier alpha value is -1.30. The Morgan fingerprint density at radius 3 is 2.76 bits per heavy atom. The lowest BCUT2D eigenvalue weighted by Gasteiger charge is -2.34. The summed E-state index contributed by atoms with van der Waals surface area (Å²) in [4.78, 5) is 24.6. The molecule has 0 saturated carbocycles. The number of urea groups is 1. The molecule has 2 amide bonds. The largest absolute Gasteiger partial charge is 0.481 e. The molecule has 0 radical (unpaired) electrons. The summed E-state index contributed by atoms with van der Waals surface area (Å²) in [5, 5.41) is 11.7. The van der Waals surface area contributed by atoms with Crippen LogP contribution in [-0.2, 0) is 9.53 Å². The van der Waals surface area contributed by atoms with Crippen molar-refractivity contribution in [2.24, 2.45) is 5.92 Å². The Bertz CT molecular complexity index is 334. The monoisotopic (exact) mass is 300 g/mol. The van der Waals surface area contributed by atoms with Crippen molar-refractivity contribution in [3.05, 3.63) is 0 Å². The number of nitrogens with zero attached hydrogens (tertiary/aromatic N) is 1. The Morgan fingerprint density at radius 1 is 1.33 bits per heavy atom. The highest BCUT2D eigenvalue weighted by Crippen LogP contribution is 2.19. The zero-order chi connectivity index (χ0) is 15.7. The van der Waals surface area contributed by atoms with Gasteiger partial charge in [0, 0.05) is 25.7 Å². The molecule has 0 aromatic rings. The lowest BCUT2D eigenvalue weighted by molar-refractivity contribution is -0.138. The molecule has 0 spiro atoms. The first-order chi connectivity index (χ1) is 10.0. The second kappa shape index (κ2) is 9.60. The summed E-state index contributed by atoms with van der Waals surface area (Å²) in [7, 11) is 0. The van der Waals surface area contributed by atoms with Gasteiger partial charge in [0.25, 0.3) is 0 Å². The van der Waals surface area contributed by atoms with E-state index < -0.39 is 5.97 Å². The van der Waals surface area contributed by atoms with Crippen molar-refractivity contribution in [3.8, 4) is 0 Å². The Labute approximate surface area is 126 Å². The maximum absolute atomic E-state index is 12.1. The number of hydrogen-bond donors (Lipinski definition) is 2. The van der Waals surface area contributed by atoms with Crippen LogP contribution in [0.1, 0.15) is 46.0 Å². The number of likely N-dealkylation sites (tertiary alicyclic amines) is 1. The molecule has 122 valence electrons. The number of carboxylic acid groups (broad SMARTS) is 1. The molecule has 6 nitrogen and oxygen atoms in total. The lowest BCUT2D eigenvalue weighted by atomic mass is 10.00. The van der Waals surface area contributed by atoms with Crippen LogP contribution < -0.4 is 5.32 Å². The van der Waals surface area contributed by atoms with Crippen LogP contribution in [0.5, 0.6) is 0 Å². The maximum atomic E-state index is 12.1. The van der Waals surface area contributed by atoms with Crippen molar-refractivity contribution < 1.29 is 19.4 Å². The van der Waals surface area contributed by atoms with Crippen LogP contribution in [0.4, 0.5) is 4.79 Å². The minimum Gasteiger partial charge on any atom is -0.481 e. The molecule has 0 bridgehead atoms. The van der Waals surface area contributed by atoms with Gasteiger partial charge >= 0.3 is 12.0 Å². The molecule has 6 heteroatoms. The van der Waals surface area contributed by atoms with Crippen molar-refractivity contribution in [2.45, 2.75) is 52.0 Å². The fourth-order valence-electron chi connectivity index (χ4n) is 2.43. The highest BCUT2D eigenvalue weighted by Gasteiger charge is 2.28. The van der Waals surface area contributed by atoms with Gasteiger partial charge in [-0.05, 0) is 31.6 Å². The van der Waals surface area contributed by atoms with Crippen LogP contribution in [0, 0.1) is 5.92 Å². The summed E-state index contributed by atoms with van der Waals surface area (Å²) >= 11 is 0. The van der Waals surface area contributed by atoms with E-state index in [1.165, 1.54) is 0 Å². The molecule has 1 heterocycles. The summed E-state index contributed by atoms with van der Waals surface area (Å²) in [6.07, 6.45) is 3.73. The Kier molecular flexibility index (Phi) is 8.12. The third kappa shape index (κ3) is 7.32. The number of aliphatic carboxylic acids is 1. The zero-order valence-corrected chi connectivity index (χ0v) is 13.1. The van der Waals surface area contributed by atoms with Gasteiger partial charge in [-0.2, -0.15) is 0 Å².